The zero-order valence-corrected chi connectivity index (χ0v) is 16.5. The minimum Gasteiger partial charge on any atom is -0.493 e. The average Bonchev–Trinajstić information content (AvgIpc) is 3.13. The molecule has 1 N–H and O–H groups in total. The van der Waals surface area contributed by atoms with Gasteiger partial charge in [-0.2, -0.15) is 0 Å². The molecule has 0 spiro atoms. The second kappa shape index (κ2) is 6.87. The van der Waals surface area contributed by atoms with Gasteiger partial charge < -0.3 is 5.11 Å². The van der Waals surface area contributed by atoms with E-state index >= 15 is 0 Å². The summed E-state index contributed by atoms with van der Waals surface area (Å²) in [5.74, 6) is -0.0655. The number of aromatic nitrogens is 1. The maximum Gasteiger partial charge on any atom is 0.310 e. The summed E-state index contributed by atoms with van der Waals surface area (Å²) in [5, 5.41) is 11.1. The minimum absolute atomic E-state index is 0.0655. The lowest BCUT2D eigenvalue weighted by atomic mass is 10.1. The van der Waals surface area contributed by atoms with Crippen LogP contribution in [0.25, 0.3) is 11.6 Å². The molecule has 2 heterocycles. The summed E-state index contributed by atoms with van der Waals surface area (Å²) in [5.41, 5.74) is 3.45. The van der Waals surface area contributed by atoms with Gasteiger partial charge >= 0.3 is 4.87 Å². The molecule has 130 valence electrons. The number of nitrogens with zero attached hydrogens (tertiary/aromatic N) is 2. The molecule has 1 aromatic heterocycles. The molecule has 4 nitrogen and oxygen atoms in total. The van der Waals surface area contributed by atoms with Gasteiger partial charge in [0.05, 0.1) is 17.1 Å². The first kappa shape index (κ1) is 17.3. The molecular formula is C19H12BrClN2O2S. The molecule has 0 saturated carbocycles. The van der Waals surface area contributed by atoms with Gasteiger partial charge in [0.25, 0.3) is 0 Å². The number of halogens is 2. The lowest BCUT2D eigenvalue weighted by Crippen LogP contribution is -2.13. The van der Waals surface area contributed by atoms with Crippen molar-refractivity contribution in [3.05, 3.63) is 77.6 Å². The van der Waals surface area contributed by atoms with Crippen LogP contribution in [0, 0.1) is 0 Å². The molecule has 2 aromatic carbocycles. The fourth-order valence-corrected chi connectivity index (χ4v) is 4.15. The van der Waals surface area contributed by atoms with Crippen LogP contribution in [0.15, 0.2) is 56.7 Å². The van der Waals surface area contributed by atoms with Gasteiger partial charge in [0, 0.05) is 26.8 Å². The van der Waals surface area contributed by atoms with E-state index in [2.05, 4.69) is 20.9 Å². The highest BCUT2D eigenvalue weighted by Crippen LogP contribution is 2.36. The largest absolute Gasteiger partial charge is 0.493 e. The number of fused-ring (bicyclic) bond motifs is 1. The van der Waals surface area contributed by atoms with Crippen LogP contribution in [0.4, 0.5) is 5.69 Å². The van der Waals surface area contributed by atoms with Crippen LogP contribution in [0.2, 0.25) is 5.02 Å². The Morgan fingerprint density at radius 1 is 1.27 bits per heavy atom. The molecule has 0 atom stereocenters. The van der Waals surface area contributed by atoms with Crippen molar-refractivity contribution in [1.29, 1.82) is 0 Å². The van der Waals surface area contributed by atoms with Crippen LogP contribution < -0.4 is 4.87 Å². The highest BCUT2D eigenvalue weighted by atomic mass is 79.9. The Hall–Kier alpha value is -2.15. The minimum atomic E-state index is -0.237. The van der Waals surface area contributed by atoms with Crippen molar-refractivity contribution >= 4 is 62.4 Å². The third kappa shape index (κ3) is 3.16. The molecule has 0 unspecified atom stereocenters. The first-order chi connectivity index (χ1) is 12.5. The number of aliphatic imine (C=N–C) groups is 1. The smallest absolute Gasteiger partial charge is 0.310 e. The summed E-state index contributed by atoms with van der Waals surface area (Å²) in [7, 11) is 0. The number of thiazole rings is 1. The van der Waals surface area contributed by atoms with Crippen molar-refractivity contribution in [2.24, 2.45) is 4.99 Å². The lowest BCUT2D eigenvalue weighted by molar-refractivity contribution is 0.420. The summed E-state index contributed by atoms with van der Waals surface area (Å²) in [6, 6.07) is 13.1. The van der Waals surface area contributed by atoms with Gasteiger partial charge in [-0.3, -0.25) is 14.4 Å². The first-order valence-corrected chi connectivity index (χ1v) is 9.73. The Bertz CT molecular complexity index is 1130. The van der Waals surface area contributed by atoms with E-state index in [1.807, 2.05) is 36.4 Å². The Morgan fingerprint density at radius 3 is 2.88 bits per heavy atom. The van der Waals surface area contributed by atoms with Crippen molar-refractivity contribution in [2.45, 2.75) is 6.54 Å². The summed E-state index contributed by atoms with van der Waals surface area (Å²) in [6.45, 7) is 0.222. The number of hydrogen-bond donors (Lipinski definition) is 1. The third-order valence-electron chi connectivity index (χ3n) is 4.08. The van der Waals surface area contributed by atoms with Crippen molar-refractivity contribution in [2.75, 3.05) is 0 Å². The Balaban J connectivity index is 1.73. The van der Waals surface area contributed by atoms with Gasteiger partial charge in [-0.25, -0.2) is 0 Å². The molecular weight excluding hydrogens is 436 g/mol. The van der Waals surface area contributed by atoms with Crippen molar-refractivity contribution < 1.29 is 5.11 Å². The average molecular weight is 448 g/mol. The molecule has 0 fully saturated rings. The second-order valence-electron chi connectivity index (χ2n) is 5.75. The number of benzene rings is 2. The van der Waals surface area contributed by atoms with Crippen LogP contribution >= 0.6 is 38.9 Å². The molecule has 4 rings (SSSR count). The van der Waals surface area contributed by atoms with Crippen LogP contribution in [0.1, 0.15) is 16.0 Å². The fourth-order valence-electron chi connectivity index (χ4n) is 2.76. The number of allylic oxidation sites excluding steroid dienone is 1. The molecule has 0 bridgehead atoms. The van der Waals surface area contributed by atoms with E-state index in [4.69, 9.17) is 11.6 Å². The van der Waals surface area contributed by atoms with Gasteiger partial charge in [-0.05, 0) is 35.9 Å². The highest BCUT2D eigenvalue weighted by Gasteiger charge is 2.17. The van der Waals surface area contributed by atoms with E-state index in [9.17, 15) is 9.90 Å². The van der Waals surface area contributed by atoms with Gasteiger partial charge in [-0.15, -0.1) is 0 Å². The summed E-state index contributed by atoms with van der Waals surface area (Å²) in [6.07, 6.45) is 3.52. The van der Waals surface area contributed by atoms with E-state index in [1.165, 1.54) is 4.57 Å². The Labute approximate surface area is 166 Å². The molecule has 0 saturated heterocycles. The van der Waals surface area contributed by atoms with E-state index < -0.39 is 0 Å². The Kier molecular flexibility index (Phi) is 4.56. The quantitative estimate of drug-likeness (QED) is 0.589. The second-order valence-corrected chi connectivity index (χ2v) is 8.07. The standard InChI is InChI=1S/C19H12BrClN2O2S/c20-13-5-6-16-14(8-13)12(9-22-16)7-17-18(24)23(19(25)26-17)10-11-3-1-2-4-15(11)21/h1-9,24H,10H2/b12-7-. The van der Waals surface area contributed by atoms with Crippen LogP contribution in [-0.4, -0.2) is 15.9 Å². The zero-order valence-electron chi connectivity index (χ0n) is 13.3. The predicted octanol–water partition coefficient (Wildman–Crippen LogP) is 5.34. The lowest BCUT2D eigenvalue weighted by Gasteiger charge is -2.06. The predicted molar refractivity (Wildman–Crippen MR) is 111 cm³/mol. The number of rotatable bonds is 3. The SMILES string of the molecule is O=c1sc(/C=C2/C=Nc3ccc(Br)cc32)c(O)n1Cc1ccccc1Cl. The van der Waals surface area contributed by atoms with Gasteiger partial charge in [0.1, 0.15) is 0 Å². The van der Waals surface area contributed by atoms with Gasteiger partial charge in [0.2, 0.25) is 5.88 Å². The third-order valence-corrected chi connectivity index (χ3v) is 5.86. The number of hydrogen-bond acceptors (Lipinski definition) is 4. The molecule has 0 amide bonds. The van der Waals surface area contributed by atoms with E-state index in [1.54, 1.807) is 18.4 Å². The Morgan fingerprint density at radius 2 is 2.08 bits per heavy atom. The molecule has 1 aliphatic rings. The molecule has 0 radical (unpaired) electrons. The van der Waals surface area contributed by atoms with E-state index in [0.717, 1.165) is 38.2 Å². The molecule has 1 aliphatic heterocycles. The van der Waals surface area contributed by atoms with Crippen LogP contribution in [-0.2, 0) is 6.54 Å². The van der Waals surface area contributed by atoms with Crippen molar-refractivity contribution in [3.8, 4) is 5.88 Å². The summed E-state index contributed by atoms with van der Waals surface area (Å²) < 4.78 is 2.27. The monoisotopic (exact) mass is 446 g/mol. The fraction of sp³-hybridized carbons (Fsp3) is 0.0526. The molecule has 3 aromatic rings. The summed E-state index contributed by atoms with van der Waals surface area (Å²) >= 11 is 10.6. The van der Waals surface area contributed by atoms with E-state index in [-0.39, 0.29) is 17.3 Å². The topological polar surface area (TPSA) is 54.6 Å². The van der Waals surface area contributed by atoms with Gasteiger partial charge in [0.15, 0.2) is 0 Å². The van der Waals surface area contributed by atoms with E-state index in [0.29, 0.717) is 9.90 Å². The van der Waals surface area contributed by atoms with Crippen molar-refractivity contribution in [3.63, 3.8) is 0 Å². The normalized spacial score (nSPS) is 14.2. The number of aromatic hydroxyl groups is 1. The first-order valence-electron chi connectivity index (χ1n) is 7.74. The zero-order chi connectivity index (χ0) is 18.3. The maximum atomic E-state index is 12.4. The molecule has 7 heteroatoms. The van der Waals surface area contributed by atoms with Crippen LogP contribution in [0.3, 0.4) is 0 Å². The van der Waals surface area contributed by atoms with Crippen LogP contribution in [0.5, 0.6) is 5.88 Å². The molecule has 26 heavy (non-hydrogen) atoms. The highest BCUT2D eigenvalue weighted by molar-refractivity contribution is 9.10. The molecule has 0 aliphatic carbocycles. The van der Waals surface area contributed by atoms with Crippen molar-refractivity contribution in [1.82, 2.24) is 4.57 Å². The summed E-state index contributed by atoms with van der Waals surface area (Å²) in [4.78, 5) is 17.0. The van der Waals surface area contributed by atoms with Gasteiger partial charge in [-0.1, -0.05) is 57.1 Å². The maximum absolute atomic E-state index is 12.4.